The molecule has 2 aromatic carbocycles. The Morgan fingerprint density at radius 2 is 1.91 bits per heavy atom. The lowest BCUT2D eigenvalue weighted by atomic mass is 9.82. The highest BCUT2D eigenvalue weighted by Gasteiger charge is 2.52. The van der Waals surface area contributed by atoms with Crippen LogP contribution in [-0.4, -0.2) is 69.8 Å². The van der Waals surface area contributed by atoms with Crippen LogP contribution in [0.1, 0.15) is 74.6 Å². The third kappa shape index (κ3) is 6.90. The van der Waals surface area contributed by atoms with E-state index in [-0.39, 0.29) is 30.8 Å². The molecule has 0 radical (unpaired) electrons. The Hall–Kier alpha value is -4.35. The molecule has 2 amide bonds. The third-order valence-electron chi connectivity index (χ3n) is 9.03. The van der Waals surface area contributed by atoms with Crippen molar-refractivity contribution in [1.82, 2.24) is 15.0 Å². The molecule has 2 aliphatic rings. The number of nitrogens with zero attached hydrogens (tertiary/aromatic N) is 5. The van der Waals surface area contributed by atoms with Crippen LogP contribution in [0.15, 0.2) is 66.9 Å². The number of ether oxygens (including phenoxy) is 1. The number of piperidine rings is 1. The van der Waals surface area contributed by atoms with Gasteiger partial charge in [-0.1, -0.05) is 54.6 Å². The molecule has 5 rings (SSSR count). The Bertz CT molecular complexity index is 1560. The lowest BCUT2D eigenvalue weighted by Gasteiger charge is -2.30. The maximum absolute atomic E-state index is 14.0. The highest BCUT2D eigenvalue weighted by Crippen LogP contribution is 2.47. The molecule has 11 nitrogen and oxygen atoms in total. The summed E-state index contributed by atoms with van der Waals surface area (Å²) in [5, 5.41) is 30.6. The zero-order chi connectivity index (χ0) is 32.7. The molecule has 2 N–H and O–H groups in total. The molecule has 11 heteroatoms. The molecule has 1 aromatic heterocycles. The molecule has 3 aromatic rings. The quantitative estimate of drug-likeness (QED) is 0.155. The van der Waals surface area contributed by atoms with E-state index in [0.717, 1.165) is 18.4 Å². The number of amides is 2. The van der Waals surface area contributed by atoms with Gasteiger partial charge in [0.05, 0.1) is 31.0 Å². The van der Waals surface area contributed by atoms with Crippen molar-refractivity contribution in [2.45, 2.75) is 69.9 Å². The van der Waals surface area contributed by atoms with Crippen molar-refractivity contribution in [2.75, 3.05) is 36.6 Å². The fourth-order valence-corrected chi connectivity index (χ4v) is 6.33. The van der Waals surface area contributed by atoms with Crippen LogP contribution in [0.25, 0.3) is 0 Å². The molecule has 244 valence electrons. The second-order valence-corrected chi connectivity index (χ2v) is 12.0. The van der Waals surface area contributed by atoms with Gasteiger partial charge in [-0.2, -0.15) is 0 Å². The maximum Gasteiger partial charge on any atom is 0.305 e. The molecule has 0 aliphatic carbocycles. The average Bonchev–Trinajstić information content (AvgIpc) is 3.62. The summed E-state index contributed by atoms with van der Waals surface area (Å²) in [6.07, 6.45) is 9.79. The summed E-state index contributed by atoms with van der Waals surface area (Å²) < 4.78 is 6.46. The number of aromatic nitrogens is 3. The van der Waals surface area contributed by atoms with Crippen LogP contribution in [0.3, 0.4) is 0 Å². The smallest absolute Gasteiger partial charge is 0.305 e. The lowest BCUT2D eigenvalue weighted by molar-refractivity contribution is -0.140. The summed E-state index contributed by atoms with van der Waals surface area (Å²) in [5.74, 6) is -1.52. The average molecular weight is 630 g/mol. The fraction of sp³-hybridized carbons (Fsp3) is 0.457. The molecule has 1 saturated heterocycles. The van der Waals surface area contributed by atoms with Gasteiger partial charge >= 0.3 is 5.97 Å². The van der Waals surface area contributed by atoms with Crippen LogP contribution in [0.4, 0.5) is 11.4 Å². The molecule has 2 aliphatic heterocycles. The Balaban J connectivity index is 1.31. The van der Waals surface area contributed by atoms with Crippen molar-refractivity contribution >= 4 is 29.2 Å². The number of carbonyl (C=O) groups is 3. The maximum atomic E-state index is 14.0. The minimum atomic E-state index is -1.83. The number of hydrogen-bond donors (Lipinski definition) is 2. The van der Waals surface area contributed by atoms with Crippen LogP contribution < -0.4 is 9.80 Å². The number of hydrogen-bond acceptors (Lipinski definition) is 8. The van der Waals surface area contributed by atoms with Crippen LogP contribution in [0.2, 0.25) is 0 Å². The first-order chi connectivity index (χ1) is 22.3. The van der Waals surface area contributed by atoms with Crippen molar-refractivity contribution in [2.24, 2.45) is 5.92 Å². The number of anilines is 2. The summed E-state index contributed by atoms with van der Waals surface area (Å²) in [4.78, 5) is 41.6. The topological polar surface area (TPSA) is 138 Å². The van der Waals surface area contributed by atoms with Gasteiger partial charge in [0.25, 0.3) is 5.91 Å². The predicted octanol–water partition coefficient (Wildman–Crippen LogP) is 4.08. The Morgan fingerprint density at radius 3 is 2.65 bits per heavy atom. The fourth-order valence-electron chi connectivity index (χ4n) is 6.33. The van der Waals surface area contributed by atoms with E-state index < -0.39 is 17.4 Å². The number of methoxy groups -OCH3 is 1. The number of allylic oxidation sites excluding steroid dienone is 1. The molecule has 3 heterocycles. The van der Waals surface area contributed by atoms with E-state index in [0.29, 0.717) is 67.9 Å². The number of rotatable bonds is 14. The van der Waals surface area contributed by atoms with Gasteiger partial charge in [-0.15, -0.1) is 5.10 Å². The van der Waals surface area contributed by atoms with Gasteiger partial charge in [0.15, 0.2) is 5.60 Å². The van der Waals surface area contributed by atoms with Crippen molar-refractivity contribution in [3.63, 3.8) is 0 Å². The number of carbonyl (C=O) groups excluding carboxylic acids is 3. The van der Waals surface area contributed by atoms with Gasteiger partial charge in [0.2, 0.25) is 5.91 Å². The van der Waals surface area contributed by atoms with Crippen LogP contribution in [0, 0.1) is 5.92 Å². The first-order valence-electron chi connectivity index (χ1n) is 16.1. The molecule has 3 atom stereocenters. The van der Waals surface area contributed by atoms with E-state index in [9.17, 15) is 24.6 Å². The van der Waals surface area contributed by atoms with Gasteiger partial charge in [-0.3, -0.25) is 19.1 Å². The van der Waals surface area contributed by atoms with E-state index >= 15 is 0 Å². The number of fused-ring (bicyclic) bond motifs is 1. The molecule has 1 fully saturated rings. The van der Waals surface area contributed by atoms with E-state index in [1.54, 1.807) is 20.5 Å². The largest absolute Gasteiger partial charge is 0.469 e. The van der Waals surface area contributed by atoms with Gasteiger partial charge in [-0.05, 0) is 55.9 Å². The monoisotopic (exact) mass is 629 g/mol. The van der Waals surface area contributed by atoms with E-state index in [1.165, 1.54) is 7.11 Å². The Labute approximate surface area is 269 Å². The van der Waals surface area contributed by atoms with E-state index in [4.69, 9.17) is 4.74 Å². The SMILES string of the molecule is COC(=O)CCCCN1C(=O)[C@@](O)([C@@H](C)/C=C/CCn2cc(C(CO)c3ccccc3)nn2)c2cc(N3CCCCC3=O)ccc21. The number of unbranched alkanes of at least 4 members (excludes halogenated alkanes) is 1. The lowest BCUT2D eigenvalue weighted by Crippen LogP contribution is -2.44. The van der Waals surface area contributed by atoms with E-state index in [2.05, 4.69) is 10.3 Å². The van der Waals surface area contributed by atoms with Gasteiger partial charge < -0.3 is 24.7 Å². The van der Waals surface area contributed by atoms with Crippen LogP contribution in [-0.2, 0) is 31.3 Å². The minimum absolute atomic E-state index is 0.0389. The van der Waals surface area contributed by atoms with Crippen molar-refractivity contribution in [3.8, 4) is 0 Å². The van der Waals surface area contributed by atoms with Gasteiger partial charge in [0, 0.05) is 55.8 Å². The third-order valence-corrected chi connectivity index (χ3v) is 9.03. The summed E-state index contributed by atoms with van der Waals surface area (Å²) >= 11 is 0. The van der Waals surface area contributed by atoms with E-state index in [1.807, 2.05) is 67.7 Å². The summed E-state index contributed by atoms with van der Waals surface area (Å²) in [6.45, 7) is 3.21. The Morgan fingerprint density at radius 1 is 1.11 bits per heavy atom. The normalized spacial score (nSPS) is 19.5. The number of aryl methyl sites for hydroxylation is 1. The summed E-state index contributed by atoms with van der Waals surface area (Å²) in [5.41, 5.74) is 1.60. The standard InChI is InChI=1S/C35H43N5O6/c1-25(12-6-9-19-38-23-30(36-37-38)28(24-41)26-13-4-3-5-14-26)35(45)29-22-27(39-20-10-7-15-32(39)42)17-18-31(29)40(34(35)44)21-11-8-16-33(43)46-2/h3-6,12-14,17-18,22-23,25,28,41,45H,7-11,15-16,19-21,24H2,1-2H3/b12-6+/t25-,28?,35+/m0/s1. The summed E-state index contributed by atoms with van der Waals surface area (Å²) in [7, 11) is 1.35. The summed E-state index contributed by atoms with van der Waals surface area (Å²) in [6, 6.07) is 15.1. The molecular weight excluding hydrogens is 586 g/mol. The van der Waals surface area contributed by atoms with Crippen LogP contribution >= 0.6 is 0 Å². The molecule has 0 bridgehead atoms. The van der Waals surface area contributed by atoms with Gasteiger partial charge in [-0.25, -0.2) is 0 Å². The first-order valence-corrected chi connectivity index (χ1v) is 16.1. The highest BCUT2D eigenvalue weighted by molar-refractivity contribution is 6.08. The van der Waals surface area contributed by atoms with Crippen molar-refractivity contribution in [3.05, 3.63) is 83.7 Å². The van der Waals surface area contributed by atoms with Crippen molar-refractivity contribution < 1.29 is 29.3 Å². The van der Waals surface area contributed by atoms with Gasteiger partial charge in [0.1, 0.15) is 0 Å². The number of aliphatic hydroxyl groups is 2. The molecular formula is C35H43N5O6. The number of aliphatic hydroxyl groups excluding tert-OH is 1. The molecule has 0 saturated carbocycles. The minimum Gasteiger partial charge on any atom is -0.469 e. The molecule has 0 spiro atoms. The second kappa shape index (κ2) is 14.8. The Kier molecular flexibility index (Phi) is 10.6. The second-order valence-electron chi connectivity index (χ2n) is 12.0. The van der Waals surface area contributed by atoms with Crippen molar-refractivity contribution in [1.29, 1.82) is 0 Å². The highest BCUT2D eigenvalue weighted by atomic mass is 16.5. The molecule has 46 heavy (non-hydrogen) atoms. The molecule has 1 unspecified atom stereocenters. The van der Waals surface area contributed by atoms with Crippen LogP contribution in [0.5, 0.6) is 0 Å². The zero-order valence-corrected chi connectivity index (χ0v) is 26.5. The predicted molar refractivity (Wildman–Crippen MR) is 173 cm³/mol. The zero-order valence-electron chi connectivity index (χ0n) is 26.5. The number of esters is 1. The first kappa shape index (κ1) is 33.0. The number of benzene rings is 2.